The van der Waals surface area contributed by atoms with Crippen LogP contribution >= 0.6 is 0 Å². The van der Waals surface area contributed by atoms with Gasteiger partial charge < -0.3 is 4.52 Å². The van der Waals surface area contributed by atoms with Crippen LogP contribution in [-0.2, 0) is 21.9 Å². The molecule has 0 amide bonds. The molecule has 0 bridgehead atoms. The number of rotatable bonds is 7. The summed E-state index contributed by atoms with van der Waals surface area (Å²) in [5, 5.41) is 4.26. The fourth-order valence-corrected chi connectivity index (χ4v) is 5.91. The van der Waals surface area contributed by atoms with Crippen LogP contribution < -0.4 is 0 Å². The fourth-order valence-electron chi connectivity index (χ4n) is 4.17. The van der Waals surface area contributed by atoms with Crippen LogP contribution in [0.4, 0.5) is 0 Å². The predicted molar refractivity (Wildman–Crippen MR) is 92.1 cm³/mol. The molecular weight excluding hydrogens is 326 g/mol. The maximum atomic E-state index is 12.6. The molecule has 2 aliphatic rings. The molecule has 0 radical (unpaired) electrons. The SMILES string of the molecule is CCCCS(=O)(=O)N1C[C@H]2CCC[C@@]2(c2noc(CC(C)C)n2)C1. The summed E-state index contributed by atoms with van der Waals surface area (Å²) in [5.41, 5.74) is -0.238. The first-order valence-electron chi connectivity index (χ1n) is 9.18. The molecule has 3 rings (SSSR count). The first kappa shape index (κ1) is 17.9. The summed E-state index contributed by atoms with van der Waals surface area (Å²) in [6, 6.07) is 0. The van der Waals surface area contributed by atoms with Crippen LogP contribution in [0.1, 0.15) is 64.6 Å². The molecular formula is C17H29N3O3S. The summed E-state index contributed by atoms with van der Waals surface area (Å²) in [7, 11) is -3.18. The number of hydrogen-bond donors (Lipinski definition) is 0. The van der Waals surface area contributed by atoms with Gasteiger partial charge >= 0.3 is 0 Å². The maximum absolute atomic E-state index is 12.6. The molecule has 24 heavy (non-hydrogen) atoms. The summed E-state index contributed by atoms with van der Waals surface area (Å²) in [5.74, 6) is 2.43. The van der Waals surface area contributed by atoms with Gasteiger partial charge in [-0.1, -0.05) is 38.8 Å². The highest BCUT2D eigenvalue weighted by Crippen LogP contribution is 2.50. The molecule has 1 aromatic heterocycles. The van der Waals surface area contributed by atoms with Crippen LogP contribution in [-0.4, -0.2) is 41.7 Å². The van der Waals surface area contributed by atoms with Crippen molar-refractivity contribution < 1.29 is 12.9 Å². The van der Waals surface area contributed by atoms with E-state index in [9.17, 15) is 8.42 Å². The van der Waals surface area contributed by atoms with Gasteiger partial charge in [-0.2, -0.15) is 4.98 Å². The Kier molecular flexibility index (Phi) is 5.02. The Bertz CT molecular complexity index is 670. The van der Waals surface area contributed by atoms with E-state index in [4.69, 9.17) is 4.52 Å². The fraction of sp³-hybridized carbons (Fsp3) is 0.882. The summed E-state index contributed by atoms with van der Waals surface area (Å²) in [6.07, 6.45) is 5.50. The van der Waals surface area contributed by atoms with Crippen LogP contribution in [0.3, 0.4) is 0 Å². The van der Waals surface area contributed by atoms with Crippen LogP contribution in [0.5, 0.6) is 0 Å². The Morgan fingerprint density at radius 2 is 2.21 bits per heavy atom. The van der Waals surface area contributed by atoms with Gasteiger partial charge in [0, 0.05) is 19.5 Å². The van der Waals surface area contributed by atoms with Gasteiger partial charge in [0.15, 0.2) is 5.82 Å². The molecule has 1 aliphatic heterocycles. The lowest BCUT2D eigenvalue weighted by molar-refractivity contribution is 0.324. The smallest absolute Gasteiger partial charge is 0.226 e. The van der Waals surface area contributed by atoms with Crippen molar-refractivity contribution in [2.24, 2.45) is 11.8 Å². The summed E-state index contributed by atoms with van der Waals surface area (Å²) in [4.78, 5) is 4.65. The molecule has 2 fully saturated rings. The molecule has 0 unspecified atom stereocenters. The summed E-state index contributed by atoms with van der Waals surface area (Å²) >= 11 is 0. The quantitative estimate of drug-likeness (QED) is 0.752. The molecule has 2 heterocycles. The van der Waals surface area contributed by atoms with Crippen LogP contribution in [0.2, 0.25) is 0 Å². The average molecular weight is 356 g/mol. The lowest BCUT2D eigenvalue weighted by Crippen LogP contribution is -2.36. The highest BCUT2D eigenvalue weighted by Gasteiger charge is 2.55. The standard InChI is InChI=1S/C17H29N3O3S/c1-4-5-9-24(21,22)20-11-14-7-6-8-17(14,12-20)16-18-15(23-19-16)10-13(2)3/h13-14H,4-12H2,1-3H3/t14-,17-/m1/s1. The summed E-state index contributed by atoms with van der Waals surface area (Å²) in [6.45, 7) is 7.39. The predicted octanol–water partition coefficient (Wildman–Crippen LogP) is 2.75. The zero-order valence-electron chi connectivity index (χ0n) is 15.0. The minimum Gasteiger partial charge on any atom is -0.339 e. The number of nitrogens with zero attached hydrogens (tertiary/aromatic N) is 3. The Morgan fingerprint density at radius 1 is 1.42 bits per heavy atom. The Labute approximate surface area is 145 Å². The number of fused-ring (bicyclic) bond motifs is 1. The lowest BCUT2D eigenvalue weighted by Gasteiger charge is -2.24. The molecule has 0 N–H and O–H groups in total. The van der Waals surface area contributed by atoms with Gasteiger partial charge in [-0.25, -0.2) is 12.7 Å². The van der Waals surface area contributed by atoms with E-state index in [0.717, 1.165) is 44.3 Å². The Morgan fingerprint density at radius 3 is 2.92 bits per heavy atom. The van der Waals surface area contributed by atoms with Crippen molar-refractivity contribution in [1.29, 1.82) is 0 Å². The Hall–Kier alpha value is -0.950. The van der Waals surface area contributed by atoms with Crippen LogP contribution in [0.15, 0.2) is 4.52 Å². The van der Waals surface area contributed by atoms with E-state index < -0.39 is 10.0 Å². The highest BCUT2D eigenvalue weighted by atomic mass is 32.2. The van der Waals surface area contributed by atoms with E-state index in [1.807, 2.05) is 6.92 Å². The van der Waals surface area contributed by atoms with Gasteiger partial charge in [0.2, 0.25) is 15.9 Å². The molecule has 0 spiro atoms. The molecule has 1 aliphatic carbocycles. The monoisotopic (exact) mass is 355 g/mol. The molecule has 7 heteroatoms. The zero-order chi connectivity index (χ0) is 17.4. The zero-order valence-corrected chi connectivity index (χ0v) is 15.8. The van der Waals surface area contributed by atoms with Crippen molar-refractivity contribution in [2.45, 2.75) is 64.7 Å². The van der Waals surface area contributed by atoms with E-state index in [1.54, 1.807) is 4.31 Å². The molecule has 0 aromatic carbocycles. The van der Waals surface area contributed by atoms with Crippen molar-refractivity contribution >= 4 is 10.0 Å². The van der Waals surface area contributed by atoms with Crippen LogP contribution in [0, 0.1) is 11.8 Å². The van der Waals surface area contributed by atoms with E-state index in [-0.39, 0.29) is 11.2 Å². The normalized spacial score (nSPS) is 27.9. The average Bonchev–Trinajstić information content (AvgIpc) is 3.17. The van der Waals surface area contributed by atoms with E-state index in [0.29, 0.717) is 30.8 Å². The van der Waals surface area contributed by atoms with E-state index >= 15 is 0 Å². The molecule has 1 saturated heterocycles. The summed E-state index contributed by atoms with van der Waals surface area (Å²) < 4.78 is 32.4. The topological polar surface area (TPSA) is 76.3 Å². The van der Waals surface area contributed by atoms with Gasteiger partial charge in [-0.3, -0.25) is 0 Å². The van der Waals surface area contributed by atoms with Crippen molar-refractivity contribution in [3.05, 3.63) is 11.7 Å². The largest absolute Gasteiger partial charge is 0.339 e. The third-order valence-corrected chi connectivity index (χ3v) is 7.35. The van der Waals surface area contributed by atoms with E-state index in [2.05, 4.69) is 24.0 Å². The highest BCUT2D eigenvalue weighted by molar-refractivity contribution is 7.89. The second-order valence-corrected chi connectivity index (χ2v) is 9.91. The van der Waals surface area contributed by atoms with Crippen molar-refractivity contribution in [2.75, 3.05) is 18.8 Å². The molecule has 2 atom stereocenters. The number of aromatic nitrogens is 2. The van der Waals surface area contributed by atoms with Gasteiger partial charge in [0.05, 0.1) is 11.2 Å². The molecule has 6 nitrogen and oxygen atoms in total. The minimum absolute atomic E-state index is 0.238. The molecule has 1 saturated carbocycles. The molecule has 1 aromatic rings. The lowest BCUT2D eigenvalue weighted by atomic mass is 9.80. The van der Waals surface area contributed by atoms with Crippen LogP contribution in [0.25, 0.3) is 0 Å². The third kappa shape index (κ3) is 3.25. The first-order chi connectivity index (χ1) is 11.4. The number of hydrogen-bond acceptors (Lipinski definition) is 5. The second-order valence-electron chi connectivity index (χ2n) is 7.82. The maximum Gasteiger partial charge on any atom is 0.226 e. The van der Waals surface area contributed by atoms with E-state index in [1.165, 1.54) is 0 Å². The third-order valence-electron chi connectivity index (χ3n) is 5.48. The van der Waals surface area contributed by atoms with Crippen molar-refractivity contribution in [3.8, 4) is 0 Å². The Balaban J connectivity index is 1.82. The second kappa shape index (κ2) is 6.75. The van der Waals surface area contributed by atoms with Gasteiger partial charge in [-0.05, 0) is 31.1 Å². The first-order valence-corrected chi connectivity index (χ1v) is 10.8. The van der Waals surface area contributed by atoms with Gasteiger partial charge in [0.25, 0.3) is 0 Å². The van der Waals surface area contributed by atoms with Crippen molar-refractivity contribution in [1.82, 2.24) is 14.4 Å². The van der Waals surface area contributed by atoms with Crippen molar-refractivity contribution in [3.63, 3.8) is 0 Å². The minimum atomic E-state index is -3.18. The van der Waals surface area contributed by atoms with Gasteiger partial charge in [-0.15, -0.1) is 0 Å². The number of unbranched alkanes of at least 4 members (excludes halogenated alkanes) is 1. The molecule has 136 valence electrons. The van der Waals surface area contributed by atoms with Gasteiger partial charge in [0.1, 0.15) is 0 Å². The number of sulfonamides is 1.